The van der Waals surface area contributed by atoms with E-state index in [0.29, 0.717) is 29.6 Å². The molecule has 0 saturated heterocycles. The lowest BCUT2D eigenvalue weighted by Gasteiger charge is -2.27. The Morgan fingerprint density at radius 1 is 1.19 bits per heavy atom. The third kappa shape index (κ3) is 4.92. The summed E-state index contributed by atoms with van der Waals surface area (Å²) < 4.78 is 10.6. The van der Waals surface area contributed by atoms with Crippen molar-refractivity contribution in [1.82, 2.24) is 14.9 Å². The highest BCUT2D eigenvalue weighted by molar-refractivity contribution is 5.84. The fourth-order valence-electron chi connectivity index (χ4n) is 3.60. The number of nitrogens with zero attached hydrogens (tertiary/aromatic N) is 3. The van der Waals surface area contributed by atoms with Gasteiger partial charge >= 0.3 is 0 Å². The van der Waals surface area contributed by atoms with Crippen molar-refractivity contribution < 1.29 is 9.47 Å². The van der Waals surface area contributed by atoms with Crippen LogP contribution in [0.4, 0.5) is 5.95 Å². The maximum absolute atomic E-state index is 12.6. The van der Waals surface area contributed by atoms with E-state index in [4.69, 9.17) is 9.47 Å². The highest BCUT2D eigenvalue weighted by atomic mass is 16.5. The van der Waals surface area contributed by atoms with Crippen LogP contribution in [0.2, 0.25) is 0 Å². The highest BCUT2D eigenvalue weighted by Crippen LogP contribution is 2.23. The van der Waals surface area contributed by atoms with Crippen molar-refractivity contribution in [2.75, 3.05) is 26.2 Å². The van der Waals surface area contributed by atoms with Crippen molar-refractivity contribution in [2.24, 2.45) is 5.10 Å². The number of hydrazone groups is 1. The largest absolute Gasteiger partial charge is 0.497 e. The summed E-state index contributed by atoms with van der Waals surface area (Å²) in [6, 6.07) is 15.7. The third-order valence-corrected chi connectivity index (χ3v) is 5.21. The van der Waals surface area contributed by atoms with Gasteiger partial charge in [-0.15, -0.1) is 0 Å². The summed E-state index contributed by atoms with van der Waals surface area (Å²) in [5.74, 6) is 1.66. The molecule has 2 aromatic carbocycles. The molecule has 4 rings (SSSR count). The summed E-state index contributed by atoms with van der Waals surface area (Å²) in [4.78, 5) is 22.2. The van der Waals surface area contributed by atoms with Crippen LogP contribution < -0.4 is 20.5 Å². The third-order valence-electron chi connectivity index (χ3n) is 5.21. The Kier molecular flexibility index (Phi) is 6.28. The fourth-order valence-corrected chi connectivity index (χ4v) is 3.60. The Morgan fingerprint density at radius 3 is 2.81 bits per heavy atom. The van der Waals surface area contributed by atoms with E-state index in [1.54, 1.807) is 26.5 Å². The Labute approximate surface area is 180 Å². The highest BCUT2D eigenvalue weighted by Gasteiger charge is 2.21. The van der Waals surface area contributed by atoms with E-state index in [1.165, 1.54) is 5.56 Å². The van der Waals surface area contributed by atoms with E-state index in [0.717, 1.165) is 30.8 Å². The lowest BCUT2D eigenvalue weighted by atomic mass is 10.1. The number of ether oxygens (including phenoxy) is 2. The molecule has 1 aromatic heterocycles. The molecule has 8 heteroatoms. The normalized spacial score (nSPS) is 13.7. The van der Waals surface area contributed by atoms with Gasteiger partial charge in [0, 0.05) is 37.7 Å². The van der Waals surface area contributed by atoms with E-state index in [2.05, 4.69) is 37.5 Å². The molecule has 0 saturated carbocycles. The Morgan fingerprint density at radius 2 is 2.03 bits per heavy atom. The molecule has 2 heterocycles. The van der Waals surface area contributed by atoms with Crippen LogP contribution in [-0.4, -0.2) is 41.8 Å². The molecule has 0 bridgehead atoms. The molecule has 0 spiro atoms. The average molecular weight is 419 g/mol. The van der Waals surface area contributed by atoms with E-state index in [1.807, 2.05) is 30.3 Å². The molecule has 0 atom stereocenters. The van der Waals surface area contributed by atoms with Crippen molar-refractivity contribution in [3.05, 3.63) is 81.3 Å². The van der Waals surface area contributed by atoms with Gasteiger partial charge in [0.1, 0.15) is 11.5 Å². The van der Waals surface area contributed by atoms with Crippen molar-refractivity contribution in [1.29, 1.82) is 0 Å². The van der Waals surface area contributed by atoms with Crippen molar-refractivity contribution in [3.63, 3.8) is 0 Å². The van der Waals surface area contributed by atoms with Crippen molar-refractivity contribution >= 4 is 12.2 Å². The van der Waals surface area contributed by atoms with Crippen LogP contribution >= 0.6 is 0 Å². The molecule has 0 radical (unpaired) electrons. The van der Waals surface area contributed by atoms with Gasteiger partial charge in [-0.1, -0.05) is 30.3 Å². The second-order valence-corrected chi connectivity index (χ2v) is 7.26. The number of hydrogen-bond acceptors (Lipinski definition) is 7. The predicted molar refractivity (Wildman–Crippen MR) is 120 cm³/mol. The molecule has 0 amide bonds. The van der Waals surface area contributed by atoms with Crippen molar-refractivity contribution in [2.45, 2.75) is 19.5 Å². The molecule has 2 N–H and O–H groups in total. The van der Waals surface area contributed by atoms with Gasteiger partial charge < -0.3 is 9.47 Å². The SMILES string of the molecule is COc1ccc(/C=N\Nc2nc3c(c(=O)[nH]2)CN(Cc2ccccc2)CC3)c(OC)c1. The van der Waals surface area contributed by atoms with Gasteiger partial charge in [-0.3, -0.25) is 14.7 Å². The van der Waals surface area contributed by atoms with E-state index < -0.39 is 0 Å². The number of aromatic amines is 1. The van der Waals surface area contributed by atoms with Crippen LogP contribution in [0.15, 0.2) is 58.4 Å². The van der Waals surface area contributed by atoms with Gasteiger partial charge in [0.05, 0.1) is 31.7 Å². The zero-order valence-corrected chi connectivity index (χ0v) is 17.6. The number of hydrogen-bond donors (Lipinski definition) is 2. The number of nitrogens with one attached hydrogen (secondary N) is 2. The first-order valence-electron chi connectivity index (χ1n) is 10.1. The molecular formula is C23H25N5O3. The number of benzene rings is 2. The number of fused-ring (bicyclic) bond motifs is 1. The number of methoxy groups -OCH3 is 2. The molecule has 31 heavy (non-hydrogen) atoms. The zero-order chi connectivity index (χ0) is 21.6. The molecule has 160 valence electrons. The summed E-state index contributed by atoms with van der Waals surface area (Å²) in [6.07, 6.45) is 2.33. The van der Waals surface area contributed by atoms with Gasteiger partial charge in [0.15, 0.2) is 0 Å². The number of rotatable bonds is 7. The molecule has 0 unspecified atom stereocenters. The van der Waals surface area contributed by atoms with Crippen LogP contribution in [0.3, 0.4) is 0 Å². The number of anilines is 1. The lowest BCUT2D eigenvalue weighted by Crippen LogP contribution is -2.35. The molecule has 8 nitrogen and oxygen atoms in total. The first-order valence-corrected chi connectivity index (χ1v) is 10.1. The van der Waals surface area contributed by atoms with Crippen LogP contribution in [0.1, 0.15) is 22.4 Å². The van der Waals surface area contributed by atoms with Gasteiger partial charge in [-0.05, 0) is 17.7 Å². The standard InChI is InChI=1S/C23H25N5O3/c1-30-18-9-8-17(21(12-18)31-2)13-24-27-23-25-20-10-11-28(15-19(20)22(29)26-23)14-16-6-4-3-5-7-16/h3-9,12-13H,10-11,14-15H2,1-2H3,(H2,25,26,27,29)/b24-13-. The summed E-state index contributed by atoms with van der Waals surface area (Å²) >= 11 is 0. The molecule has 1 aliphatic heterocycles. The lowest BCUT2D eigenvalue weighted by molar-refractivity contribution is 0.242. The minimum atomic E-state index is -0.137. The van der Waals surface area contributed by atoms with Gasteiger partial charge in [-0.25, -0.2) is 10.4 Å². The second-order valence-electron chi connectivity index (χ2n) is 7.26. The topological polar surface area (TPSA) is 91.8 Å². The quantitative estimate of drug-likeness (QED) is 0.452. The monoisotopic (exact) mass is 419 g/mol. The van der Waals surface area contributed by atoms with Gasteiger partial charge in [-0.2, -0.15) is 5.10 Å². The minimum absolute atomic E-state index is 0.137. The van der Waals surface area contributed by atoms with Crippen LogP contribution in [0, 0.1) is 0 Å². The summed E-state index contributed by atoms with van der Waals surface area (Å²) in [7, 11) is 3.19. The number of aromatic nitrogens is 2. The number of H-pyrrole nitrogens is 1. The van der Waals surface area contributed by atoms with Crippen molar-refractivity contribution in [3.8, 4) is 11.5 Å². The van der Waals surface area contributed by atoms with E-state index in [9.17, 15) is 4.79 Å². The van der Waals surface area contributed by atoms with Gasteiger partial charge in [0.2, 0.25) is 5.95 Å². The summed E-state index contributed by atoms with van der Waals surface area (Å²) in [5.41, 5.74) is 6.21. The van der Waals surface area contributed by atoms with E-state index in [-0.39, 0.29) is 5.56 Å². The predicted octanol–water partition coefficient (Wildman–Crippen LogP) is 2.79. The Hall–Kier alpha value is -3.65. The smallest absolute Gasteiger partial charge is 0.257 e. The molecular weight excluding hydrogens is 394 g/mol. The summed E-state index contributed by atoms with van der Waals surface area (Å²) in [6.45, 7) is 2.25. The molecule has 1 aliphatic rings. The van der Waals surface area contributed by atoms with Gasteiger partial charge in [0.25, 0.3) is 5.56 Å². The maximum atomic E-state index is 12.6. The Bertz CT molecular complexity index is 1130. The molecule has 0 aliphatic carbocycles. The van der Waals surface area contributed by atoms with Crippen LogP contribution in [-0.2, 0) is 19.5 Å². The molecule has 3 aromatic rings. The first kappa shape index (κ1) is 20.6. The zero-order valence-electron chi connectivity index (χ0n) is 17.6. The fraction of sp³-hybridized carbons (Fsp3) is 0.261. The van der Waals surface area contributed by atoms with Crippen LogP contribution in [0.25, 0.3) is 0 Å². The summed E-state index contributed by atoms with van der Waals surface area (Å²) in [5, 5.41) is 4.20. The average Bonchev–Trinajstić information content (AvgIpc) is 2.80. The second kappa shape index (κ2) is 9.44. The first-order chi connectivity index (χ1) is 15.2. The van der Waals surface area contributed by atoms with E-state index >= 15 is 0 Å². The maximum Gasteiger partial charge on any atom is 0.257 e. The van der Waals surface area contributed by atoms with Crippen LogP contribution in [0.5, 0.6) is 11.5 Å². The Balaban J connectivity index is 1.45. The molecule has 0 fully saturated rings. The minimum Gasteiger partial charge on any atom is -0.497 e.